The number of rotatable bonds is 4. The highest BCUT2D eigenvalue weighted by Gasteiger charge is 2.10. The molecule has 14 heavy (non-hydrogen) atoms. The molecule has 0 amide bonds. The molecule has 0 aliphatic heterocycles. The second-order valence-corrected chi connectivity index (χ2v) is 3.22. The minimum absolute atomic E-state index is 0.0455. The number of aliphatic hydroxyl groups excluding tert-OH is 1. The summed E-state index contributed by atoms with van der Waals surface area (Å²) in [5, 5.41) is 16.4. The van der Waals surface area contributed by atoms with Crippen molar-refractivity contribution in [2.24, 2.45) is 5.73 Å². The lowest BCUT2D eigenvalue weighted by atomic mass is 10.2. The number of likely N-dealkylation sites (N-methyl/N-ethyl adjacent to an activating group) is 1. The van der Waals surface area contributed by atoms with Gasteiger partial charge in [-0.3, -0.25) is 0 Å². The lowest BCUT2D eigenvalue weighted by Gasteiger charge is -2.18. The molecule has 3 N–H and O–H groups in total. The number of thiocarbonyl (C=S) groups is 1. The maximum atomic E-state index is 8.77. The summed E-state index contributed by atoms with van der Waals surface area (Å²) in [6, 6.07) is 1.71. The largest absolute Gasteiger partial charge is 0.395 e. The summed E-state index contributed by atoms with van der Waals surface area (Å²) in [6.45, 7) is 0.512. The molecule has 76 valence electrons. The Bertz CT molecular complexity index is 331. The fourth-order valence-corrected chi connectivity index (χ4v) is 1.21. The topological polar surface area (TPSA) is 75.3 Å². The van der Waals surface area contributed by atoms with Crippen LogP contribution in [0.15, 0.2) is 12.3 Å². The second-order valence-electron chi connectivity index (χ2n) is 2.78. The molecule has 6 heteroatoms. The quantitative estimate of drug-likeness (QED) is 0.658. The average molecular weight is 212 g/mol. The SMILES string of the molecule is CN(CCO)c1nnccc1C(N)=S. The van der Waals surface area contributed by atoms with Gasteiger partial charge in [0.2, 0.25) is 0 Å². The molecule has 1 rings (SSSR count). The molecule has 1 heterocycles. The Morgan fingerprint density at radius 3 is 3.00 bits per heavy atom. The van der Waals surface area contributed by atoms with Crippen LogP contribution in [0, 0.1) is 0 Å². The zero-order valence-electron chi connectivity index (χ0n) is 7.84. The molecule has 0 unspecified atom stereocenters. The predicted octanol–water partition coefficient (Wildman–Crippen LogP) is -0.461. The van der Waals surface area contributed by atoms with Crippen LogP contribution in [-0.4, -0.2) is 40.5 Å². The fourth-order valence-electron chi connectivity index (χ4n) is 1.05. The van der Waals surface area contributed by atoms with Crippen LogP contribution in [-0.2, 0) is 0 Å². The van der Waals surface area contributed by atoms with Crippen LogP contribution in [0.4, 0.5) is 5.82 Å². The second kappa shape index (κ2) is 4.83. The van der Waals surface area contributed by atoms with Crippen molar-refractivity contribution in [3.05, 3.63) is 17.8 Å². The Kier molecular flexibility index (Phi) is 3.73. The highest BCUT2D eigenvalue weighted by atomic mass is 32.1. The number of nitrogens with two attached hydrogens (primary N) is 1. The lowest BCUT2D eigenvalue weighted by Crippen LogP contribution is -2.26. The van der Waals surface area contributed by atoms with Gasteiger partial charge in [0.1, 0.15) is 4.99 Å². The summed E-state index contributed by atoms with van der Waals surface area (Å²) in [5.74, 6) is 0.592. The summed E-state index contributed by atoms with van der Waals surface area (Å²) < 4.78 is 0. The van der Waals surface area contributed by atoms with Gasteiger partial charge in [-0.15, -0.1) is 5.10 Å². The lowest BCUT2D eigenvalue weighted by molar-refractivity contribution is 0.303. The summed E-state index contributed by atoms with van der Waals surface area (Å²) in [7, 11) is 1.79. The zero-order chi connectivity index (χ0) is 10.6. The molecular weight excluding hydrogens is 200 g/mol. The molecule has 0 fully saturated rings. The van der Waals surface area contributed by atoms with Gasteiger partial charge >= 0.3 is 0 Å². The van der Waals surface area contributed by atoms with Crippen molar-refractivity contribution in [3.8, 4) is 0 Å². The van der Waals surface area contributed by atoms with Crippen LogP contribution in [0.25, 0.3) is 0 Å². The van der Waals surface area contributed by atoms with E-state index in [1.807, 2.05) is 0 Å². The van der Waals surface area contributed by atoms with Crippen molar-refractivity contribution < 1.29 is 5.11 Å². The summed E-state index contributed by atoms with van der Waals surface area (Å²) in [5.41, 5.74) is 6.20. The van der Waals surface area contributed by atoms with Crippen LogP contribution >= 0.6 is 12.2 Å². The Morgan fingerprint density at radius 1 is 1.71 bits per heavy atom. The molecular formula is C8H12N4OS. The number of hydrogen-bond donors (Lipinski definition) is 2. The number of hydrogen-bond acceptors (Lipinski definition) is 5. The maximum Gasteiger partial charge on any atom is 0.161 e. The number of anilines is 1. The number of nitrogens with zero attached hydrogens (tertiary/aromatic N) is 3. The van der Waals surface area contributed by atoms with Crippen LogP contribution in [0.1, 0.15) is 5.56 Å². The van der Waals surface area contributed by atoms with Gasteiger partial charge in [0.15, 0.2) is 5.82 Å². The molecule has 0 aromatic carbocycles. The van der Waals surface area contributed by atoms with Crippen molar-refractivity contribution in [3.63, 3.8) is 0 Å². The molecule has 0 atom stereocenters. The molecule has 0 aliphatic rings. The Hall–Kier alpha value is -1.27. The molecule has 0 bridgehead atoms. The highest BCUT2D eigenvalue weighted by Crippen LogP contribution is 2.13. The van der Waals surface area contributed by atoms with Gasteiger partial charge in [-0.2, -0.15) is 5.10 Å². The molecule has 5 nitrogen and oxygen atoms in total. The van der Waals surface area contributed by atoms with E-state index in [1.54, 1.807) is 18.0 Å². The van der Waals surface area contributed by atoms with E-state index in [1.165, 1.54) is 6.20 Å². The zero-order valence-corrected chi connectivity index (χ0v) is 8.66. The van der Waals surface area contributed by atoms with Gasteiger partial charge in [-0.25, -0.2) is 0 Å². The summed E-state index contributed by atoms with van der Waals surface area (Å²) in [4.78, 5) is 2.03. The van der Waals surface area contributed by atoms with E-state index < -0.39 is 0 Å². The maximum absolute atomic E-state index is 8.77. The smallest absolute Gasteiger partial charge is 0.161 e. The first-order valence-corrected chi connectivity index (χ1v) is 4.51. The summed E-state index contributed by atoms with van der Waals surface area (Å²) in [6.07, 6.45) is 1.53. The van der Waals surface area contributed by atoms with Gasteiger partial charge in [-0.1, -0.05) is 12.2 Å². The van der Waals surface area contributed by atoms with Crippen LogP contribution in [0.5, 0.6) is 0 Å². The van der Waals surface area contributed by atoms with Crippen LogP contribution in [0.2, 0.25) is 0 Å². The van der Waals surface area contributed by atoms with Crippen molar-refractivity contribution in [1.29, 1.82) is 0 Å². The minimum atomic E-state index is 0.0455. The third-order valence-corrected chi connectivity index (χ3v) is 1.98. The van der Waals surface area contributed by atoms with E-state index in [9.17, 15) is 0 Å². The van der Waals surface area contributed by atoms with Crippen molar-refractivity contribution in [2.45, 2.75) is 0 Å². The first-order valence-electron chi connectivity index (χ1n) is 4.10. The molecule has 0 saturated heterocycles. The first kappa shape index (κ1) is 10.8. The van der Waals surface area contributed by atoms with Gasteiger partial charge < -0.3 is 15.7 Å². The molecule has 1 aromatic rings. The third-order valence-electron chi connectivity index (χ3n) is 1.76. The Labute approximate surface area is 87.6 Å². The molecule has 0 radical (unpaired) electrons. The van der Waals surface area contributed by atoms with Crippen LogP contribution in [0.3, 0.4) is 0 Å². The normalized spacial score (nSPS) is 9.86. The molecule has 0 saturated carbocycles. The van der Waals surface area contributed by atoms with E-state index in [-0.39, 0.29) is 11.6 Å². The number of aromatic nitrogens is 2. The average Bonchev–Trinajstić information content (AvgIpc) is 2.18. The Balaban J connectivity index is 3.00. The fraction of sp³-hybridized carbons (Fsp3) is 0.375. The molecule has 0 aliphatic carbocycles. The monoisotopic (exact) mass is 212 g/mol. The van der Waals surface area contributed by atoms with Crippen molar-refractivity contribution in [2.75, 3.05) is 25.1 Å². The van der Waals surface area contributed by atoms with Gasteiger partial charge in [-0.05, 0) is 6.07 Å². The molecule has 0 spiro atoms. The van der Waals surface area contributed by atoms with Gasteiger partial charge in [0, 0.05) is 13.6 Å². The van der Waals surface area contributed by atoms with E-state index in [2.05, 4.69) is 10.2 Å². The van der Waals surface area contributed by atoms with Crippen LogP contribution < -0.4 is 10.6 Å². The van der Waals surface area contributed by atoms with Crippen molar-refractivity contribution in [1.82, 2.24) is 10.2 Å². The minimum Gasteiger partial charge on any atom is -0.395 e. The van der Waals surface area contributed by atoms with Gasteiger partial charge in [0.25, 0.3) is 0 Å². The number of aliphatic hydroxyl groups is 1. The molecule has 1 aromatic heterocycles. The highest BCUT2D eigenvalue weighted by molar-refractivity contribution is 7.80. The third kappa shape index (κ3) is 2.36. The standard InChI is InChI=1S/C8H12N4OS/c1-12(4-5-13)8-6(7(9)14)2-3-10-11-8/h2-3,13H,4-5H2,1H3,(H2,9,14). The Morgan fingerprint density at radius 2 is 2.43 bits per heavy atom. The van der Waals surface area contributed by atoms with E-state index in [0.717, 1.165) is 0 Å². The summed E-state index contributed by atoms with van der Waals surface area (Å²) >= 11 is 4.87. The first-order chi connectivity index (χ1) is 6.66. The predicted molar refractivity (Wildman–Crippen MR) is 58.3 cm³/mol. The van der Waals surface area contributed by atoms with E-state index >= 15 is 0 Å². The van der Waals surface area contributed by atoms with E-state index in [0.29, 0.717) is 17.9 Å². The van der Waals surface area contributed by atoms with Gasteiger partial charge in [0.05, 0.1) is 18.4 Å². The van der Waals surface area contributed by atoms with E-state index in [4.69, 9.17) is 23.1 Å². The van der Waals surface area contributed by atoms with Crippen molar-refractivity contribution >= 4 is 23.0 Å².